The molecule has 0 radical (unpaired) electrons. The van der Waals surface area contributed by atoms with Crippen molar-refractivity contribution in [3.05, 3.63) is 28.2 Å². The minimum absolute atomic E-state index is 0.0825. The third kappa shape index (κ3) is 3.05. The minimum atomic E-state index is 0.0825. The van der Waals surface area contributed by atoms with E-state index in [-0.39, 0.29) is 6.61 Å². The van der Waals surface area contributed by atoms with E-state index in [1.54, 1.807) is 0 Å². The quantitative estimate of drug-likeness (QED) is 0.909. The van der Waals surface area contributed by atoms with Crippen LogP contribution in [-0.2, 0) is 6.61 Å². The van der Waals surface area contributed by atoms with E-state index in [0.29, 0.717) is 6.04 Å². The molecule has 1 aromatic carbocycles. The lowest BCUT2D eigenvalue weighted by Crippen LogP contribution is -2.37. The predicted octanol–water partition coefficient (Wildman–Crippen LogP) is 2.47. The van der Waals surface area contributed by atoms with Crippen molar-refractivity contribution in [1.29, 1.82) is 0 Å². The summed E-state index contributed by atoms with van der Waals surface area (Å²) in [6.07, 6.45) is 1.19. The third-order valence-corrected chi connectivity index (χ3v) is 4.32. The van der Waals surface area contributed by atoms with Crippen molar-refractivity contribution in [3.63, 3.8) is 0 Å². The van der Waals surface area contributed by atoms with Crippen LogP contribution in [0, 0.1) is 0 Å². The van der Waals surface area contributed by atoms with Gasteiger partial charge in [0, 0.05) is 29.3 Å². The second-order valence-electron chi connectivity index (χ2n) is 5.09. The molecule has 4 heteroatoms. The summed E-state index contributed by atoms with van der Waals surface area (Å²) in [5.74, 6) is 0. The van der Waals surface area contributed by atoms with Crippen LogP contribution >= 0.6 is 15.9 Å². The topological polar surface area (TPSA) is 26.7 Å². The van der Waals surface area contributed by atoms with Crippen molar-refractivity contribution in [1.82, 2.24) is 4.90 Å². The zero-order valence-corrected chi connectivity index (χ0v) is 12.7. The summed E-state index contributed by atoms with van der Waals surface area (Å²) in [5.41, 5.74) is 2.18. The lowest BCUT2D eigenvalue weighted by molar-refractivity contribution is 0.281. The first-order valence-corrected chi connectivity index (χ1v) is 7.25. The molecular weight excluding hydrogens is 292 g/mol. The smallest absolute Gasteiger partial charge is 0.0692 e. The summed E-state index contributed by atoms with van der Waals surface area (Å²) >= 11 is 3.53. The number of halogens is 1. The van der Waals surface area contributed by atoms with Crippen LogP contribution in [0.3, 0.4) is 0 Å². The highest BCUT2D eigenvalue weighted by Crippen LogP contribution is 2.26. The van der Waals surface area contributed by atoms with Gasteiger partial charge in [0.2, 0.25) is 0 Å². The number of rotatable bonds is 2. The molecule has 0 saturated carbocycles. The largest absolute Gasteiger partial charge is 0.392 e. The first-order valence-electron chi connectivity index (χ1n) is 6.46. The first-order chi connectivity index (χ1) is 8.61. The van der Waals surface area contributed by atoms with E-state index in [9.17, 15) is 5.11 Å². The van der Waals surface area contributed by atoms with E-state index in [1.807, 2.05) is 6.07 Å². The number of aliphatic hydroxyl groups is 1. The van der Waals surface area contributed by atoms with Crippen LogP contribution in [0.2, 0.25) is 0 Å². The molecule has 0 bridgehead atoms. The lowest BCUT2D eigenvalue weighted by atomic mass is 10.1. The summed E-state index contributed by atoms with van der Waals surface area (Å²) in [6, 6.07) is 6.75. The number of nitrogens with zero attached hydrogens (tertiary/aromatic N) is 2. The highest BCUT2D eigenvalue weighted by molar-refractivity contribution is 9.10. The molecule has 1 aromatic rings. The number of hydrogen-bond donors (Lipinski definition) is 1. The van der Waals surface area contributed by atoms with Gasteiger partial charge in [0.15, 0.2) is 0 Å². The number of aliphatic hydroxyl groups excluding tert-OH is 1. The van der Waals surface area contributed by atoms with Gasteiger partial charge in [-0.15, -0.1) is 0 Å². The van der Waals surface area contributed by atoms with Crippen LogP contribution in [-0.4, -0.2) is 42.7 Å². The molecule has 1 N–H and O–H groups in total. The van der Waals surface area contributed by atoms with Gasteiger partial charge in [0.25, 0.3) is 0 Å². The van der Waals surface area contributed by atoms with E-state index in [2.05, 4.69) is 51.8 Å². The van der Waals surface area contributed by atoms with Crippen molar-refractivity contribution >= 4 is 21.6 Å². The van der Waals surface area contributed by atoms with Gasteiger partial charge in [-0.3, -0.25) is 0 Å². The Labute approximate surface area is 118 Å². The van der Waals surface area contributed by atoms with E-state index in [1.165, 1.54) is 12.1 Å². The summed E-state index contributed by atoms with van der Waals surface area (Å²) in [4.78, 5) is 4.84. The number of anilines is 1. The molecule has 0 aliphatic carbocycles. The van der Waals surface area contributed by atoms with Gasteiger partial charge in [-0.1, -0.05) is 22.0 Å². The Morgan fingerprint density at radius 3 is 2.83 bits per heavy atom. The Bertz CT molecular complexity index is 411. The van der Waals surface area contributed by atoms with Gasteiger partial charge in [-0.2, -0.15) is 0 Å². The van der Waals surface area contributed by atoms with E-state index >= 15 is 0 Å². The molecule has 0 aromatic heterocycles. The van der Waals surface area contributed by atoms with Crippen LogP contribution in [0.5, 0.6) is 0 Å². The van der Waals surface area contributed by atoms with Gasteiger partial charge in [-0.05, 0) is 44.6 Å². The standard InChI is InChI=1S/C14H21BrN2O/c1-11-9-16(2)6-3-7-17(11)13-5-4-12(10-18)14(15)8-13/h4-5,8,11,18H,3,6-7,9-10H2,1-2H3. The summed E-state index contributed by atoms with van der Waals surface area (Å²) in [6.45, 7) is 5.71. The maximum absolute atomic E-state index is 9.20. The van der Waals surface area contributed by atoms with Crippen LogP contribution in [0.1, 0.15) is 18.9 Å². The number of likely N-dealkylation sites (N-methyl/N-ethyl adjacent to an activating group) is 1. The maximum atomic E-state index is 9.20. The molecule has 1 saturated heterocycles. The molecule has 1 heterocycles. The van der Waals surface area contributed by atoms with Crippen molar-refractivity contribution < 1.29 is 5.11 Å². The van der Waals surface area contributed by atoms with Crippen LogP contribution in [0.15, 0.2) is 22.7 Å². The Hall–Kier alpha value is -0.580. The molecule has 1 atom stereocenters. The predicted molar refractivity (Wildman–Crippen MR) is 79.0 cm³/mol. The van der Waals surface area contributed by atoms with Crippen molar-refractivity contribution in [2.75, 3.05) is 31.6 Å². The highest BCUT2D eigenvalue weighted by atomic mass is 79.9. The fourth-order valence-electron chi connectivity index (χ4n) is 2.60. The molecule has 1 unspecified atom stereocenters. The van der Waals surface area contributed by atoms with Crippen molar-refractivity contribution in [2.24, 2.45) is 0 Å². The maximum Gasteiger partial charge on any atom is 0.0692 e. The van der Waals surface area contributed by atoms with E-state index in [0.717, 1.165) is 29.7 Å². The average Bonchev–Trinajstić information content (AvgIpc) is 2.50. The Kier molecular flexibility index (Phi) is 4.65. The second kappa shape index (κ2) is 6.04. The zero-order chi connectivity index (χ0) is 13.1. The minimum Gasteiger partial charge on any atom is -0.392 e. The fourth-order valence-corrected chi connectivity index (χ4v) is 3.09. The monoisotopic (exact) mass is 312 g/mol. The molecule has 1 aliphatic heterocycles. The molecule has 0 amide bonds. The molecule has 3 nitrogen and oxygen atoms in total. The van der Waals surface area contributed by atoms with Gasteiger partial charge in [0.1, 0.15) is 0 Å². The Morgan fingerprint density at radius 1 is 1.39 bits per heavy atom. The SMILES string of the molecule is CC1CN(C)CCCN1c1ccc(CO)c(Br)c1. The molecular formula is C14H21BrN2O. The Balaban J connectivity index is 2.21. The summed E-state index contributed by atoms with van der Waals surface area (Å²) < 4.78 is 0.993. The molecule has 2 rings (SSSR count). The average molecular weight is 313 g/mol. The molecule has 1 aliphatic rings. The second-order valence-corrected chi connectivity index (χ2v) is 5.95. The van der Waals surface area contributed by atoms with Gasteiger partial charge >= 0.3 is 0 Å². The van der Waals surface area contributed by atoms with Crippen LogP contribution in [0.4, 0.5) is 5.69 Å². The number of hydrogen-bond acceptors (Lipinski definition) is 3. The lowest BCUT2D eigenvalue weighted by Gasteiger charge is -2.30. The molecule has 100 valence electrons. The van der Waals surface area contributed by atoms with Gasteiger partial charge < -0.3 is 14.9 Å². The summed E-state index contributed by atoms with van der Waals surface area (Å²) in [7, 11) is 2.19. The third-order valence-electron chi connectivity index (χ3n) is 3.59. The molecule has 18 heavy (non-hydrogen) atoms. The Morgan fingerprint density at radius 2 is 2.17 bits per heavy atom. The number of benzene rings is 1. The normalized spacial score (nSPS) is 22.0. The first kappa shape index (κ1) is 13.8. The van der Waals surface area contributed by atoms with Crippen molar-refractivity contribution in [3.8, 4) is 0 Å². The van der Waals surface area contributed by atoms with Crippen LogP contribution in [0.25, 0.3) is 0 Å². The van der Waals surface area contributed by atoms with Crippen molar-refractivity contribution in [2.45, 2.75) is 26.0 Å². The zero-order valence-electron chi connectivity index (χ0n) is 11.1. The molecule has 1 fully saturated rings. The summed E-state index contributed by atoms with van der Waals surface area (Å²) in [5, 5.41) is 9.20. The van der Waals surface area contributed by atoms with Gasteiger partial charge in [-0.25, -0.2) is 0 Å². The van der Waals surface area contributed by atoms with E-state index in [4.69, 9.17) is 0 Å². The fraction of sp³-hybridized carbons (Fsp3) is 0.571. The van der Waals surface area contributed by atoms with E-state index < -0.39 is 0 Å². The van der Waals surface area contributed by atoms with Gasteiger partial charge in [0.05, 0.1) is 6.61 Å². The highest BCUT2D eigenvalue weighted by Gasteiger charge is 2.20. The van der Waals surface area contributed by atoms with Crippen LogP contribution < -0.4 is 4.90 Å². The molecule has 0 spiro atoms.